The standard InChI is InChI=1S/C19H16N2O4/c22-17-9-10-18(23)21(17)25-19(24)20-11-16-14-7-3-1-5-12(14)13-6-2-4-8-15(13)16/h1-8,16H,9-11H2,(H,20,24). The Morgan fingerprint density at radius 3 is 2.04 bits per heavy atom. The minimum atomic E-state index is -0.800. The summed E-state index contributed by atoms with van der Waals surface area (Å²) in [6.45, 7) is 0.323. The molecule has 0 bridgehead atoms. The van der Waals surface area contributed by atoms with Gasteiger partial charge in [-0.2, -0.15) is 0 Å². The smallest absolute Gasteiger partial charge is 0.319 e. The molecule has 1 saturated heterocycles. The number of imide groups is 1. The van der Waals surface area contributed by atoms with Gasteiger partial charge in [0.25, 0.3) is 11.8 Å². The second-order valence-electron chi connectivity index (χ2n) is 6.07. The highest BCUT2D eigenvalue weighted by atomic mass is 16.7. The molecule has 4 rings (SSSR count). The first kappa shape index (κ1) is 15.4. The Morgan fingerprint density at radius 2 is 1.48 bits per heavy atom. The SMILES string of the molecule is O=C(NCC1c2ccccc2-c2ccccc21)ON1C(=O)CCC1=O. The van der Waals surface area contributed by atoms with Crippen LogP contribution in [-0.4, -0.2) is 29.5 Å². The molecule has 0 saturated carbocycles. The van der Waals surface area contributed by atoms with Crippen LogP contribution < -0.4 is 5.32 Å². The van der Waals surface area contributed by atoms with E-state index in [-0.39, 0.29) is 18.8 Å². The third-order valence-corrected chi connectivity index (χ3v) is 4.59. The van der Waals surface area contributed by atoms with Crippen molar-refractivity contribution in [3.63, 3.8) is 0 Å². The van der Waals surface area contributed by atoms with Crippen molar-refractivity contribution in [3.8, 4) is 11.1 Å². The molecule has 0 spiro atoms. The fraction of sp³-hybridized carbons (Fsp3) is 0.211. The Hall–Kier alpha value is -3.15. The molecular weight excluding hydrogens is 320 g/mol. The van der Waals surface area contributed by atoms with Gasteiger partial charge in [-0.25, -0.2) is 4.79 Å². The number of nitrogens with one attached hydrogen (secondary N) is 1. The summed E-state index contributed by atoms with van der Waals surface area (Å²) in [5.74, 6) is -0.974. The lowest BCUT2D eigenvalue weighted by atomic mass is 9.97. The first-order valence-electron chi connectivity index (χ1n) is 8.15. The van der Waals surface area contributed by atoms with Gasteiger partial charge >= 0.3 is 6.09 Å². The van der Waals surface area contributed by atoms with Crippen LogP contribution in [-0.2, 0) is 14.4 Å². The maximum absolute atomic E-state index is 12.0. The van der Waals surface area contributed by atoms with Gasteiger partial charge in [0.05, 0.1) is 0 Å². The molecule has 25 heavy (non-hydrogen) atoms. The van der Waals surface area contributed by atoms with Crippen LogP contribution in [0.2, 0.25) is 0 Å². The van der Waals surface area contributed by atoms with E-state index in [2.05, 4.69) is 17.4 Å². The van der Waals surface area contributed by atoms with Gasteiger partial charge in [-0.1, -0.05) is 48.5 Å². The number of nitrogens with zero attached hydrogens (tertiary/aromatic N) is 1. The average molecular weight is 336 g/mol. The minimum Gasteiger partial charge on any atom is -0.319 e. The number of rotatable bonds is 3. The first-order valence-corrected chi connectivity index (χ1v) is 8.15. The Kier molecular flexibility index (Phi) is 3.72. The van der Waals surface area contributed by atoms with Crippen LogP contribution in [0.1, 0.15) is 29.9 Å². The molecule has 1 heterocycles. The first-order chi connectivity index (χ1) is 12.1. The van der Waals surface area contributed by atoms with E-state index in [1.165, 1.54) is 0 Å². The van der Waals surface area contributed by atoms with E-state index in [4.69, 9.17) is 4.84 Å². The van der Waals surface area contributed by atoms with Crippen LogP contribution in [0.3, 0.4) is 0 Å². The van der Waals surface area contributed by atoms with Crippen LogP contribution in [0.25, 0.3) is 11.1 Å². The topological polar surface area (TPSA) is 75.7 Å². The summed E-state index contributed by atoms with van der Waals surface area (Å²) in [4.78, 5) is 39.9. The lowest BCUT2D eigenvalue weighted by molar-refractivity contribution is -0.171. The zero-order chi connectivity index (χ0) is 17.4. The number of amides is 3. The molecule has 2 aromatic rings. The van der Waals surface area contributed by atoms with Crippen molar-refractivity contribution in [2.45, 2.75) is 18.8 Å². The highest BCUT2D eigenvalue weighted by Crippen LogP contribution is 2.44. The summed E-state index contributed by atoms with van der Waals surface area (Å²) in [7, 11) is 0. The molecule has 0 atom stereocenters. The molecular formula is C19H16N2O4. The van der Waals surface area contributed by atoms with Crippen molar-refractivity contribution in [3.05, 3.63) is 59.7 Å². The van der Waals surface area contributed by atoms with Crippen molar-refractivity contribution >= 4 is 17.9 Å². The molecule has 1 fully saturated rings. The normalized spacial score (nSPS) is 15.9. The summed E-state index contributed by atoms with van der Waals surface area (Å²) >= 11 is 0. The molecule has 2 aliphatic rings. The molecule has 6 heteroatoms. The van der Waals surface area contributed by atoms with Gasteiger partial charge in [0, 0.05) is 25.3 Å². The van der Waals surface area contributed by atoms with Crippen LogP contribution in [0.4, 0.5) is 4.79 Å². The van der Waals surface area contributed by atoms with E-state index in [1.54, 1.807) is 0 Å². The zero-order valence-electron chi connectivity index (χ0n) is 13.4. The number of carbonyl (C=O) groups is 3. The fourth-order valence-electron chi connectivity index (χ4n) is 3.44. The van der Waals surface area contributed by atoms with Crippen LogP contribution in [0, 0.1) is 0 Å². The van der Waals surface area contributed by atoms with Gasteiger partial charge in [0.2, 0.25) is 0 Å². The zero-order valence-corrected chi connectivity index (χ0v) is 13.4. The quantitative estimate of drug-likeness (QED) is 0.874. The number of hydrogen-bond acceptors (Lipinski definition) is 4. The number of hydroxylamine groups is 2. The molecule has 126 valence electrons. The Balaban J connectivity index is 1.49. The molecule has 1 aliphatic carbocycles. The summed E-state index contributed by atoms with van der Waals surface area (Å²) in [6, 6.07) is 16.1. The number of hydrogen-bond donors (Lipinski definition) is 1. The van der Waals surface area contributed by atoms with Gasteiger partial charge in [-0.3, -0.25) is 9.59 Å². The molecule has 3 amide bonds. The van der Waals surface area contributed by atoms with Crippen molar-refractivity contribution < 1.29 is 19.2 Å². The Bertz CT molecular complexity index is 816. The summed E-state index contributed by atoms with van der Waals surface area (Å²) in [5, 5.41) is 3.21. The largest absolute Gasteiger partial charge is 0.432 e. The third kappa shape index (κ3) is 2.65. The molecule has 0 aromatic heterocycles. The maximum Gasteiger partial charge on any atom is 0.432 e. The Labute approximate surface area is 144 Å². The van der Waals surface area contributed by atoms with E-state index in [9.17, 15) is 14.4 Å². The summed E-state index contributed by atoms with van der Waals surface area (Å²) < 4.78 is 0. The average Bonchev–Trinajstić information content (AvgIpc) is 3.12. The lowest BCUT2D eigenvalue weighted by Gasteiger charge is -2.16. The van der Waals surface area contributed by atoms with E-state index >= 15 is 0 Å². The predicted molar refractivity (Wildman–Crippen MR) is 89.3 cm³/mol. The number of carbonyl (C=O) groups excluding carboxylic acids is 3. The lowest BCUT2D eigenvalue weighted by Crippen LogP contribution is -2.38. The highest BCUT2D eigenvalue weighted by Gasteiger charge is 2.33. The number of fused-ring (bicyclic) bond motifs is 3. The van der Waals surface area contributed by atoms with Gasteiger partial charge in [0.15, 0.2) is 0 Å². The highest BCUT2D eigenvalue weighted by molar-refractivity contribution is 6.01. The second kappa shape index (κ2) is 6.05. The van der Waals surface area contributed by atoms with Crippen molar-refractivity contribution in [1.29, 1.82) is 0 Å². The summed E-state index contributed by atoms with van der Waals surface area (Å²) in [5.41, 5.74) is 4.58. The third-order valence-electron chi connectivity index (χ3n) is 4.59. The molecule has 6 nitrogen and oxygen atoms in total. The van der Waals surface area contributed by atoms with E-state index in [1.807, 2.05) is 36.4 Å². The Morgan fingerprint density at radius 1 is 0.960 bits per heavy atom. The predicted octanol–water partition coefficient (Wildman–Crippen LogP) is 2.59. The van der Waals surface area contributed by atoms with E-state index in [0.29, 0.717) is 11.6 Å². The molecule has 1 aliphatic heterocycles. The molecule has 2 aromatic carbocycles. The van der Waals surface area contributed by atoms with E-state index in [0.717, 1.165) is 22.3 Å². The van der Waals surface area contributed by atoms with Crippen LogP contribution in [0.5, 0.6) is 0 Å². The van der Waals surface area contributed by atoms with Gasteiger partial charge in [0.1, 0.15) is 0 Å². The van der Waals surface area contributed by atoms with Crippen LogP contribution in [0.15, 0.2) is 48.5 Å². The van der Waals surface area contributed by atoms with Gasteiger partial charge in [-0.05, 0) is 22.3 Å². The monoisotopic (exact) mass is 336 g/mol. The second-order valence-corrected chi connectivity index (χ2v) is 6.07. The van der Waals surface area contributed by atoms with Crippen molar-refractivity contribution in [2.75, 3.05) is 6.54 Å². The molecule has 0 unspecified atom stereocenters. The number of benzene rings is 2. The minimum absolute atomic E-state index is 0.00457. The van der Waals surface area contributed by atoms with Gasteiger partial charge < -0.3 is 10.2 Å². The fourth-order valence-corrected chi connectivity index (χ4v) is 3.44. The van der Waals surface area contributed by atoms with Crippen molar-refractivity contribution in [1.82, 2.24) is 10.4 Å². The summed E-state index contributed by atoms with van der Waals surface area (Å²) in [6.07, 6.45) is -0.643. The maximum atomic E-state index is 12.0. The van der Waals surface area contributed by atoms with E-state index < -0.39 is 17.9 Å². The van der Waals surface area contributed by atoms with Gasteiger partial charge in [-0.15, -0.1) is 5.06 Å². The molecule has 1 N–H and O–H groups in total. The van der Waals surface area contributed by atoms with Crippen LogP contribution >= 0.6 is 0 Å². The molecule has 0 radical (unpaired) electrons. The van der Waals surface area contributed by atoms with Crippen molar-refractivity contribution in [2.24, 2.45) is 0 Å².